The number of esters is 1. The van der Waals surface area contributed by atoms with Crippen molar-refractivity contribution in [1.82, 2.24) is 0 Å². The Labute approximate surface area is 84.3 Å². The van der Waals surface area contributed by atoms with Gasteiger partial charge >= 0.3 is 5.97 Å². The minimum Gasteiger partial charge on any atom is -0.462 e. The lowest BCUT2D eigenvalue weighted by Crippen LogP contribution is -2.24. The van der Waals surface area contributed by atoms with Crippen LogP contribution in [-0.4, -0.2) is 29.1 Å². The van der Waals surface area contributed by atoms with Crippen molar-refractivity contribution in [3.8, 4) is 0 Å². The molecule has 0 aliphatic carbocycles. The molecule has 14 heavy (non-hydrogen) atoms. The molecule has 0 fully saturated rings. The quantitative estimate of drug-likeness (QED) is 0.654. The van der Waals surface area contributed by atoms with Gasteiger partial charge in [-0.2, -0.15) is 0 Å². The van der Waals surface area contributed by atoms with Gasteiger partial charge in [0.1, 0.15) is 11.9 Å². The van der Waals surface area contributed by atoms with Crippen LogP contribution in [0.15, 0.2) is 0 Å². The van der Waals surface area contributed by atoms with Crippen LogP contribution in [-0.2, 0) is 14.3 Å². The molecular formula is C10H18O4. The average Bonchev–Trinajstić information content (AvgIpc) is 2.01. The largest absolute Gasteiger partial charge is 0.462 e. The van der Waals surface area contributed by atoms with E-state index in [-0.39, 0.29) is 12.2 Å². The van der Waals surface area contributed by atoms with Crippen LogP contribution in [0, 0.1) is 0 Å². The standard InChI is InChI=1S/C10H18O4/c1-4-9(13)6-10(5-7(2)11)14-8(3)12/h9-10,13H,4-6H2,1-3H3. The smallest absolute Gasteiger partial charge is 0.302 e. The van der Waals surface area contributed by atoms with E-state index in [1.54, 1.807) is 0 Å². The molecule has 0 radical (unpaired) electrons. The average molecular weight is 202 g/mol. The molecule has 0 aromatic carbocycles. The Balaban J connectivity index is 4.09. The van der Waals surface area contributed by atoms with Crippen LogP contribution in [0.4, 0.5) is 0 Å². The first-order valence-electron chi connectivity index (χ1n) is 4.80. The van der Waals surface area contributed by atoms with Crippen LogP contribution in [0.5, 0.6) is 0 Å². The summed E-state index contributed by atoms with van der Waals surface area (Å²) in [5.41, 5.74) is 0. The molecule has 0 bridgehead atoms. The van der Waals surface area contributed by atoms with Crippen molar-refractivity contribution in [2.75, 3.05) is 0 Å². The van der Waals surface area contributed by atoms with Crippen LogP contribution >= 0.6 is 0 Å². The maximum absolute atomic E-state index is 10.8. The first-order valence-corrected chi connectivity index (χ1v) is 4.80. The number of aliphatic hydroxyl groups excluding tert-OH is 1. The number of carbonyl (C=O) groups is 2. The van der Waals surface area contributed by atoms with Crippen LogP contribution in [0.3, 0.4) is 0 Å². The van der Waals surface area contributed by atoms with Crippen molar-refractivity contribution >= 4 is 11.8 Å². The molecule has 1 N–H and O–H groups in total. The van der Waals surface area contributed by atoms with Gasteiger partial charge in [-0.15, -0.1) is 0 Å². The lowest BCUT2D eigenvalue weighted by atomic mass is 10.1. The van der Waals surface area contributed by atoms with Crippen LogP contribution in [0.2, 0.25) is 0 Å². The molecule has 0 amide bonds. The third-order valence-electron chi connectivity index (χ3n) is 1.85. The summed E-state index contributed by atoms with van der Waals surface area (Å²) in [6, 6.07) is 0. The summed E-state index contributed by atoms with van der Waals surface area (Å²) in [5.74, 6) is -0.459. The number of rotatable bonds is 6. The molecule has 0 heterocycles. The number of carbonyl (C=O) groups excluding carboxylic acids is 2. The summed E-state index contributed by atoms with van der Waals surface area (Å²) in [6.45, 7) is 4.57. The number of Topliss-reactive ketones (excluding diaryl/α,β-unsaturated/α-hetero) is 1. The van der Waals surface area contributed by atoms with E-state index in [1.807, 2.05) is 6.92 Å². The number of ketones is 1. The van der Waals surface area contributed by atoms with Gasteiger partial charge in [0.05, 0.1) is 6.10 Å². The fraction of sp³-hybridized carbons (Fsp3) is 0.800. The van der Waals surface area contributed by atoms with E-state index in [9.17, 15) is 14.7 Å². The molecule has 2 atom stereocenters. The zero-order valence-electron chi connectivity index (χ0n) is 8.95. The third-order valence-corrected chi connectivity index (χ3v) is 1.85. The summed E-state index contributed by atoms with van der Waals surface area (Å²) in [6.07, 6.45) is 0.0979. The molecule has 0 aliphatic rings. The summed E-state index contributed by atoms with van der Waals surface area (Å²) >= 11 is 0. The topological polar surface area (TPSA) is 63.6 Å². The van der Waals surface area contributed by atoms with Gasteiger partial charge in [-0.05, 0) is 13.3 Å². The highest BCUT2D eigenvalue weighted by molar-refractivity contribution is 5.76. The Morgan fingerprint density at radius 2 is 1.93 bits per heavy atom. The fourth-order valence-electron chi connectivity index (χ4n) is 1.20. The van der Waals surface area contributed by atoms with Crippen molar-refractivity contribution < 1.29 is 19.4 Å². The number of hydrogen-bond donors (Lipinski definition) is 1. The molecule has 0 aliphatic heterocycles. The highest BCUT2D eigenvalue weighted by Crippen LogP contribution is 2.10. The van der Waals surface area contributed by atoms with Gasteiger partial charge in [-0.25, -0.2) is 0 Å². The zero-order chi connectivity index (χ0) is 11.1. The Hall–Kier alpha value is -0.900. The minimum absolute atomic E-state index is 0.0421. The molecule has 4 heteroatoms. The van der Waals surface area contributed by atoms with Crippen LogP contribution in [0.25, 0.3) is 0 Å². The van der Waals surface area contributed by atoms with E-state index in [1.165, 1.54) is 13.8 Å². The molecule has 2 unspecified atom stereocenters. The van der Waals surface area contributed by atoms with Gasteiger partial charge in [0.25, 0.3) is 0 Å². The normalized spacial score (nSPS) is 14.6. The van der Waals surface area contributed by atoms with Crippen molar-refractivity contribution in [3.05, 3.63) is 0 Å². The second-order valence-electron chi connectivity index (χ2n) is 3.44. The van der Waals surface area contributed by atoms with E-state index >= 15 is 0 Å². The number of hydrogen-bond acceptors (Lipinski definition) is 4. The maximum atomic E-state index is 10.8. The predicted molar refractivity (Wildman–Crippen MR) is 51.8 cm³/mol. The van der Waals surface area contributed by atoms with E-state index in [4.69, 9.17) is 4.74 Å². The van der Waals surface area contributed by atoms with Gasteiger partial charge in [0, 0.05) is 19.8 Å². The molecule has 0 aromatic rings. The van der Waals surface area contributed by atoms with E-state index < -0.39 is 18.2 Å². The third kappa shape index (κ3) is 6.60. The monoisotopic (exact) mass is 202 g/mol. The summed E-state index contributed by atoms with van der Waals surface area (Å²) in [7, 11) is 0. The fourth-order valence-corrected chi connectivity index (χ4v) is 1.20. The predicted octanol–water partition coefficient (Wildman–Crippen LogP) is 1.06. The minimum atomic E-state index is -0.515. The molecule has 4 nitrogen and oxygen atoms in total. The Morgan fingerprint density at radius 3 is 2.29 bits per heavy atom. The van der Waals surface area contributed by atoms with Crippen LogP contribution in [0.1, 0.15) is 40.0 Å². The number of ether oxygens (including phenoxy) is 1. The van der Waals surface area contributed by atoms with Gasteiger partial charge in [-0.3, -0.25) is 9.59 Å². The highest BCUT2D eigenvalue weighted by atomic mass is 16.5. The second kappa shape index (κ2) is 6.54. The molecule has 0 aromatic heterocycles. The lowest BCUT2D eigenvalue weighted by Gasteiger charge is -2.18. The van der Waals surface area contributed by atoms with Crippen molar-refractivity contribution in [2.45, 2.75) is 52.2 Å². The first-order chi connectivity index (χ1) is 6.45. The molecule has 0 rings (SSSR count). The Morgan fingerprint density at radius 1 is 1.36 bits per heavy atom. The van der Waals surface area contributed by atoms with E-state index in [0.717, 1.165) is 0 Å². The van der Waals surface area contributed by atoms with Crippen molar-refractivity contribution in [1.29, 1.82) is 0 Å². The Bertz CT molecular complexity index is 184. The van der Waals surface area contributed by atoms with Crippen molar-refractivity contribution in [3.63, 3.8) is 0 Å². The maximum Gasteiger partial charge on any atom is 0.302 e. The van der Waals surface area contributed by atoms with Crippen molar-refractivity contribution in [2.24, 2.45) is 0 Å². The zero-order valence-corrected chi connectivity index (χ0v) is 8.95. The van der Waals surface area contributed by atoms with Gasteiger partial charge in [0.2, 0.25) is 0 Å². The highest BCUT2D eigenvalue weighted by Gasteiger charge is 2.17. The summed E-state index contributed by atoms with van der Waals surface area (Å²) in [4.78, 5) is 21.5. The molecular weight excluding hydrogens is 184 g/mol. The van der Waals surface area contributed by atoms with Gasteiger partial charge < -0.3 is 9.84 Å². The molecule has 0 saturated heterocycles. The molecule has 0 spiro atoms. The molecule has 0 saturated carbocycles. The molecule has 82 valence electrons. The van der Waals surface area contributed by atoms with Crippen LogP contribution < -0.4 is 0 Å². The van der Waals surface area contributed by atoms with Gasteiger partial charge in [0.15, 0.2) is 0 Å². The summed E-state index contributed by atoms with van der Waals surface area (Å²) in [5, 5.41) is 9.35. The van der Waals surface area contributed by atoms with E-state index in [2.05, 4.69) is 0 Å². The Kier molecular flexibility index (Phi) is 6.12. The SMILES string of the molecule is CCC(O)CC(CC(C)=O)OC(C)=O. The van der Waals surface area contributed by atoms with E-state index in [0.29, 0.717) is 12.8 Å². The van der Waals surface area contributed by atoms with Gasteiger partial charge in [-0.1, -0.05) is 6.92 Å². The lowest BCUT2D eigenvalue weighted by molar-refractivity contribution is -0.148. The second-order valence-corrected chi connectivity index (χ2v) is 3.44. The summed E-state index contributed by atoms with van der Waals surface area (Å²) < 4.78 is 4.91. The first kappa shape index (κ1) is 13.1. The number of aliphatic hydroxyl groups is 1.